The summed E-state index contributed by atoms with van der Waals surface area (Å²) < 4.78 is 58.1. The minimum absolute atomic E-state index is 0.0620. The number of nitriles is 1. The van der Waals surface area contributed by atoms with Crippen molar-refractivity contribution in [2.75, 3.05) is 13.1 Å². The molecule has 7 nitrogen and oxygen atoms in total. The van der Waals surface area contributed by atoms with Crippen LogP contribution in [0.1, 0.15) is 44.2 Å². The zero-order valence-electron chi connectivity index (χ0n) is 19.1. The van der Waals surface area contributed by atoms with Crippen LogP contribution in [0.2, 0.25) is 0 Å². The van der Waals surface area contributed by atoms with Gasteiger partial charge in [-0.15, -0.1) is 0 Å². The van der Waals surface area contributed by atoms with Crippen molar-refractivity contribution in [3.8, 4) is 6.07 Å². The summed E-state index contributed by atoms with van der Waals surface area (Å²) in [5.41, 5.74) is 0.384. The maximum Gasteiger partial charge on any atom is 0.245 e. The molecule has 1 saturated heterocycles. The van der Waals surface area contributed by atoms with Crippen LogP contribution < -0.4 is 4.72 Å². The first-order valence-corrected chi connectivity index (χ1v) is 14.0. The lowest BCUT2D eigenvalue weighted by molar-refractivity contribution is -0.136. The van der Waals surface area contributed by atoms with Gasteiger partial charge in [-0.25, -0.2) is 17.2 Å². The Kier molecular flexibility index (Phi) is 7.93. The number of likely N-dealkylation sites (tertiary alicyclic amines) is 1. The third kappa shape index (κ3) is 5.76. The fourth-order valence-electron chi connectivity index (χ4n) is 5.26. The topological polar surface area (TPSA) is 95.2 Å². The summed E-state index contributed by atoms with van der Waals surface area (Å²) in [4.78, 5) is 14.5. The quantitative estimate of drug-likeness (QED) is 0.542. The molecule has 1 unspecified atom stereocenters. The number of nitrogens with one attached hydrogen (secondary N) is 1. The number of hydrogen-bond donors (Lipinski definition) is 1. The van der Waals surface area contributed by atoms with Crippen molar-refractivity contribution in [2.45, 2.75) is 56.0 Å². The standard InChI is InChI=1S/C24H27BrF2N4O3S/c25-20-12-18(26)13-21(27)23(20)35(33,34)29-22(8-11-30-9-3-6-19(30)14-28)24(32)31-10-7-16-4-1-2-5-17(16)15-31/h3,6,9,12-13,16-17,22,29H,1-2,4-5,7-8,10-11,15H2/t16-,17-,22?/m1/s1. The van der Waals surface area contributed by atoms with Crippen molar-refractivity contribution >= 4 is 31.9 Å². The first-order chi connectivity index (χ1) is 16.7. The number of carbonyl (C=O) groups excluding carboxylic acids is 1. The molecule has 188 valence electrons. The molecule has 4 rings (SSSR count). The van der Waals surface area contributed by atoms with Gasteiger partial charge in [0.1, 0.15) is 34.3 Å². The van der Waals surface area contributed by atoms with Gasteiger partial charge in [-0.1, -0.05) is 19.3 Å². The Morgan fingerprint density at radius 1 is 1.23 bits per heavy atom. The maximum absolute atomic E-state index is 14.5. The van der Waals surface area contributed by atoms with Crippen LogP contribution in [0.15, 0.2) is 39.8 Å². The number of rotatable bonds is 7. The lowest BCUT2D eigenvalue weighted by Crippen LogP contribution is -2.53. The second kappa shape index (κ2) is 10.8. The number of piperidine rings is 1. The number of halogens is 3. The first kappa shape index (κ1) is 25.8. The van der Waals surface area contributed by atoms with Crippen molar-refractivity contribution in [3.63, 3.8) is 0 Å². The van der Waals surface area contributed by atoms with Gasteiger partial charge in [-0.2, -0.15) is 9.98 Å². The Balaban J connectivity index is 1.58. The van der Waals surface area contributed by atoms with Crippen LogP contribution in [0.4, 0.5) is 8.78 Å². The number of fused-ring (bicyclic) bond motifs is 1. The van der Waals surface area contributed by atoms with Crippen molar-refractivity contribution < 1.29 is 22.0 Å². The Labute approximate surface area is 212 Å². The van der Waals surface area contributed by atoms with E-state index in [-0.39, 0.29) is 23.3 Å². The Hall–Kier alpha value is -2.29. The van der Waals surface area contributed by atoms with E-state index in [1.54, 1.807) is 27.8 Å². The van der Waals surface area contributed by atoms with Gasteiger partial charge in [0, 0.05) is 36.4 Å². The molecule has 0 spiro atoms. The van der Waals surface area contributed by atoms with Crippen molar-refractivity contribution in [1.29, 1.82) is 5.26 Å². The van der Waals surface area contributed by atoms with E-state index >= 15 is 0 Å². The van der Waals surface area contributed by atoms with Crippen LogP contribution >= 0.6 is 15.9 Å². The summed E-state index contributed by atoms with van der Waals surface area (Å²) in [5.74, 6) is -1.56. The Bertz CT molecular complexity index is 1220. The van der Waals surface area contributed by atoms with E-state index in [1.165, 1.54) is 6.42 Å². The lowest BCUT2D eigenvalue weighted by Gasteiger charge is -2.42. The van der Waals surface area contributed by atoms with Crippen LogP contribution in [-0.2, 0) is 21.4 Å². The average molecular weight is 569 g/mol. The average Bonchev–Trinajstić information content (AvgIpc) is 3.27. The largest absolute Gasteiger partial charge is 0.341 e. The highest BCUT2D eigenvalue weighted by molar-refractivity contribution is 9.10. The molecule has 1 N–H and O–H groups in total. The van der Waals surface area contributed by atoms with E-state index in [4.69, 9.17) is 0 Å². The molecule has 1 aliphatic carbocycles. The Morgan fingerprint density at radius 2 is 1.97 bits per heavy atom. The number of aromatic nitrogens is 1. The molecule has 1 saturated carbocycles. The summed E-state index contributed by atoms with van der Waals surface area (Å²) in [7, 11) is -4.51. The molecule has 1 aromatic heterocycles. The van der Waals surface area contributed by atoms with E-state index in [0.717, 1.165) is 31.7 Å². The predicted octanol–water partition coefficient (Wildman–Crippen LogP) is 4.18. The third-order valence-electron chi connectivity index (χ3n) is 7.03. The maximum atomic E-state index is 14.5. The lowest BCUT2D eigenvalue weighted by atomic mass is 9.75. The van der Waals surface area contributed by atoms with Crippen LogP contribution in [0.5, 0.6) is 0 Å². The van der Waals surface area contributed by atoms with Crippen LogP contribution in [0, 0.1) is 34.8 Å². The summed E-state index contributed by atoms with van der Waals surface area (Å²) >= 11 is 2.93. The third-order valence-corrected chi connectivity index (χ3v) is 9.47. The van der Waals surface area contributed by atoms with Gasteiger partial charge < -0.3 is 9.47 Å². The molecule has 2 aromatic rings. The molecular weight excluding hydrogens is 542 g/mol. The number of benzene rings is 1. The number of amides is 1. The minimum Gasteiger partial charge on any atom is -0.341 e. The molecule has 2 aliphatic rings. The number of nitrogens with zero attached hydrogens (tertiary/aromatic N) is 3. The molecule has 3 atom stereocenters. The Morgan fingerprint density at radius 3 is 2.69 bits per heavy atom. The van der Waals surface area contributed by atoms with Gasteiger partial charge >= 0.3 is 0 Å². The molecule has 0 radical (unpaired) electrons. The number of aryl methyl sites for hydroxylation is 1. The molecule has 1 aliphatic heterocycles. The zero-order valence-corrected chi connectivity index (χ0v) is 21.5. The smallest absolute Gasteiger partial charge is 0.245 e. The molecule has 1 amide bonds. The van der Waals surface area contributed by atoms with Gasteiger partial charge in [0.05, 0.1) is 0 Å². The van der Waals surface area contributed by atoms with Gasteiger partial charge in [-0.05, 0) is 65.2 Å². The van der Waals surface area contributed by atoms with E-state index in [9.17, 15) is 27.3 Å². The van der Waals surface area contributed by atoms with Crippen LogP contribution in [0.3, 0.4) is 0 Å². The minimum atomic E-state index is -4.51. The zero-order chi connectivity index (χ0) is 25.2. The van der Waals surface area contributed by atoms with Crippen LogP contribution in [0.25, 0.3) is 0 Å². The van der Waals surface area contributed by atoms with Crippen LogP contribution in [-0.4, -0.2) is 42.9 Å². The fourth-order valence-corrected chi connectivity index (χ4v) is 7.65. The second-order valence-corrected chi connectivity index (χ2v) is 11.7. The highest BCUT2D eigenvalue weighted by Crippen LogP contribution is 2.36. The second-order valence-electron chi connectivity index (χ2n) is 9.24. The highest BCUT2D eigenvalue weighted by atomic mass is 79.9. The highest BCUT2D eigenvalue weighted by Gasteiger charge is 2.37. The van der Waals surface area contributed by atoms with E-state index in [2.05, 4.69) is 26.7 Å². The van der Waals surface area contributed by atoms with E-state index < -0.39 is 32.6 Å². The molecule has 2 heterocycles. The summed E-state index contributed by atoms with van der Waals surface area (Å²) in [6.45, 7) is 1.32. The van der Waals surface area contributed by atoms with Gasteiger partial charge in [-0.3, -0.25) is 4.79 Å². The normalized spacial score (nSPS) is 21.3. The molecule has 2 fully saturated rings. The molecular formula is C24H27BrF2N4O3S. The molecule has 0 bridgehead atoms. The summed E-state index contributed by atoms with van der Waals surface area (Å²) in [6, 6.07) is 5.55. The fraction of sp³-hybridized carbons (Fsp3) is 0.500. The number of sulfonamides is 1. The monoisotopic (exact) mass is 568 g/mol. The van der Waals surface area contributed by atoms with Crippen molar-refractivity contribution in [2.24, 2.45) is 11.8 Å². The number of hydrogen-bond acceptors (Lipinski definition) is 4. The first-order valence-electron chi connectivity index (χ1n) is 11.7. The SMILES string of the molecule is N#Cc1cccn1CCC(NS(=O)(=O)c1c(F)cc(F)cc1Br)C(=O)N1CC[C@H]2CCCC[C@@H]2C1. The summed E-state index contributed by atoms with van der Waals surface area (Å²) in [6.07, 6.45) is 7.16. The predicted molar refractivity (Wildman–Crippen MR) is 129 cm³/mol. The summed E-state index contributed by atoms with van der Waals surface area (Å²) in [5, 5.41) is 9.28. The molecule has 1 aromatic carbocycles. The van der Waals surface area contributed by atoms with Gasteiger partial charge in [0.2, 0.25) is 15.9 Å². The van der Waals surface area contributed by atoms with Crippen molar-refractivity contribution in [3.05, 3.63) is 52.3 Å². The number of carbonyl (C=O) groups is 1. The molecule has 11 heteroatoms. The van der Waals surface area contributed by atoms with E-state index in [0.29, 0.717) is 36.7 Å². The molecule has 35 heavy (non-hydrogen) atoms. The van der Waals surface area contributed by atoms with Gasteiger partial charge in [0.25, 0.3) is 0 Å². The van der Waals surface area contributed by atoms with E-state index in [1.807, 2.05) is 0 Å². The van der Waals surface area contributed by atoms with Crippen molar-refractivity contribution in [1.82, 2.24) is 14.2 Å². The van der Waals surface area contributed by atoms with Gasteiger partial charge in [0.15, 0.2) is 0 Å².